The zero-order valence-corrected chi connectivity index (χ0v) is 15.0. The van der Waals surface area contributed by atoms with Gasteiger partial charge in [-0.1, -0.05) is 17.7 Å². The van der Waals surface area contributed by atoms with Crippen LogP contribution in [0.15, 0.2) is 40.7 Å². The Labute approximate surface area is 145 Å². The number of rotatable bonds is 6. The van der Waals surface area contributed by atoms with E-state index in [9.17, 15) is 0 Å². The van der Waals surface area contributed by atoms with Gasteiger partial charge in [-0.15, -0.1) is 11.3 Å². The summed E-state index contributed by atoms with van der Waals surface area (Å²) in [6, 6.07) is 9.74. The molecule has 0 radical (unpaired) electrons. The molecule has 0 spiro atoms. The van der Waals surface area contributed by atoms with Gasteiger partial charge in [0.1, 0.15) is 5.75 Å². The van der Waals surface area contributed by atoms with Gasteiger partial charge >= 0.3 is 0 Å². The number of likely N-dealkylation sites (N-methyl/N-ethyl adjacent to an activating group) is 1. The summed E-state index contributed by atoms with van der Waals surface area (Å²) in [6.45, 7) is 0.580. The Balaban J connectivity index is 2.03. The van der Waals surface area contributed by atoms with E-state index >= 15 is 0 Å². The van der Waals surface area contributed by atoms with E-state index < -0.39 is 0 Å². The summed E-state index contributed by atoms with van der Waals surface area (Å²) in [4.78, 5) is 7.84. The van der Waals surface area contributed by atoms with Crippen LogP contribution in [-0.4, -0.2) is 38.6 Å². The Morgan fingerprint density at radius 3 is 2.78 bits per heavy atom. The van der Waals surface area contributed by atoms with E-state index in [2.05, 4.69) is 26.7 Å². The van der Waals surface area contributed by atoms with E-state index in [1.807, 2.05) is 26.2 Å². The Hall–Kier alpha value is -1.76. The third kappa shape index (κ3) is 4.86. The molecule has 0 aliphatic carbocycles. The van der Waals surface area contributed by atoms with Gasteiger partial charge < -0.3 is 20.7 Å². The molecule has 0 aliphatic heterocycles. The number of hydrogen-bond donors (Lipinski definition) is 2. The minimum Gasteiger partial charge on any atom is -0.495 e. The fourth-order valence-corrected chi connectivity index (χ4v) is 3.28. The SMILES string of the molecule is COc1ccc(NC(N)=NCC(c2cccs2)N(C)C)cc1Cl. The highest BCUT2D eigenvalue weighted by Gasteiger charge is 2.14. The molecule has 0 saturated heterocycles. The van der Waals surface area contributed by atoms with Crippen LogP contribution < -0.4 is 15.8 Å². The van der Waals surface area contributed by atoms with Crippen LogP contribution in [0.25, 0.3) is 0 Å². The molecule has 23 heavy (non-hydrogen) atoms. The summed E-state index contributed by atoms with van der Waals surface area (Å²) in [5, 5.41) is 5.64. The van der Waals surface area contributed by atoms with Crippen LogP contribution in [0.5, 0.6) is 5.75 Å². The van der Waals surface area contributed by atoms with Crippen LogP contribution in [-0.2, 0) is 0 Å². The van der Waals surface area contributed by atoms with E-state index in [0.717, 1.165) is 5.69 Å². The summed E-state index contributed by atoms with van der Waals surface area (Å²) in [5.74, 6) is 0.979. The number of nitrogens with two attached hydrogens (primary N) is 1. The van der Waals surface area contributed by atoms with Crippen molar-refractivity contribution >= 4 is 34.6 Å². The molecule has 0 aliphatic rings. The van der Waals surface area contributed by atoms with E-state index in [1.54, 1.807) is 30.6 Å². The van der Waals surface area contributed by atoms with Crippen molar-refractivity contribution in [2.75, 3.05) is 33.1 Å². The Morgan fingerprint density at radius 1 is 1.43 bits per heavy atom. The molecule has 3 N–H and O–H groups in total. The number of nitrogens with zero attached hydrogens (tertiary/aromatic N) is 2. The second-order valence-corrected chi connectivity index (χ2v) is 6.58. The molecular formula is C16H21ClN4OS. The predicted octanol–water partition coefficient (Wildman–Crippen LogP) is 3.44. The highest BCUT2D eigenvalue weighted by molar-refractivity contribution is 7.10. The van der Waals surface area contributed by atoms with Crippen molar-refractivity contribution in [1.29, 1.82) is 0 Å². The maximum absolute atomic E-state index is 6.10. The summed E-state index contributed by atoms with van der Waals surface area (Å²) in [5.41, 5.74) is 6.75. The van der Waals surface area contributed by atoms with Crippen molar-refractivity contribution in [2.24, 2.45) is 10.7 Å². The molecule has 0 fully saturated rings. The number of anilines is 1. The minimum atomic E-state index is 0.204. The third-order valence-corrected chi connectivity index (χ3v) is 4.62. The first-order chi connectivity index (χ1) is 11.0. The first-order valence-electron chi connectivity index (χ1n) is 7.11. The number of benzene rings is 1. The summed E-state index contributed by atoms with van der Waals surface area (Å²) in [6.07, 6.45) is 0. The van der Waals surface area contributed by atoms with E-state index in [0.29, 0.717) is 23.3 Å². The molecule has 7 heteroatoms. The number of hydrogen-bond acceptors (Lipinski definition) is 4. The van der Waals surface area contributed by atoms with Gasteiger partial charge in [0.15, 0.2) is 5.96 Å². The first-order valence-corrected chi connectivity index (χ1v) is 8.37. The average molecular weight is 353 g/mol. The minimum absolute atomic E-state index is 0.204. The molecule has 2 aromatic rings. The molecule has 1 unspecified atom stereocenters. The lowest BCUT2D eigenvalue weighted by Crippen LogP contribution is -2.26. The van der Waals surface area contributed by atoms with Gasteiger partial charge in [0.05, 0.1) is 24.7 Å². The lowest BCUT2D eigenvalue weighted by molar-refractivity contribution is 0.311. The third-order valence-electron chi connectivity index (χ3n) is 3.35. The van der Waals surface area contributed by atoms with E-state index in [-0.39, 0.29) is 6.04 Å². The summed E-state index contributed by atoms with van der Waals surface area (Å²) in [7, 11) is 5.65. The van der Waals surface area contributed by atoms with Gasteiger partial charge in [-0.2, -0.15) is 0 Å². The number of thiophene rings is 1. The van der Waals surface area contributed by atoms with Crippen molar-refractivity contribution < 1.29 is 4.74 Å². The fourth-order valence-electron chi connectivity index (χ4n) is 2.10. The number of nitrogens with one attached hydrogen (secondary N) is 1. The fraction of sp³-hybridized carbons (Fsp3) is 0.312. The topological polar surface area (TPSA) is 62.9 Å². The number of aliphatic imine (C=N–C) groups is 1. The molecule has 0 bridgehead atoms. The van der Waals surface area contributed by atoms with Crippen molar-refractivity contribution in [3.8, 4) is 5.75 Å². The Kier molecular flexibility index (Phi) is 6.27. The highest BCUT2D eigenvalue weighted by atomic mass is 35.5. The number of ether oxygens (including phenoxy) is 1. The van der Waals surface area contributed by atoms with E-state index in [4.69, 9.17) is 22.1 Å². The molecule has 1 atom stereocenters. The van der Waals surface area contributed by atoms with Gasteiger partial charge in [-0.3, -0.25) is 4.99 Å². The van der Waals surface area contributed by atoms with Crippen molar-refractivity contribution in [2.45, 2.75) is 6.04 Å². The molecule has 1 heterocycles. The van der Waals surface area contributed by atoms with Crippen LogP contribution in [0.2, 0.25) is 5.02 Å². The molecule has 1 aromatic heterocycles. The van der Waals surface area contributed by atoms with Gasteiger partial charge in [0.2, 0.25) is 0 Å². The summed E-state index contributed by atoms with van der Waals surface area (Å²) >= 11 is 7.82. The zero-order chi connectivity index (χ0) is 16.8. The average Bonchev–Trinajstić information content (AvgIpc) is 3.01. The molecular weight excluding hydrogens is 332 g/mol. The quantitative estimate of drug-likeness (QED) is 0.617. The molecule has 0 amide bonds. The maximum Gasteiger partial charge on any atom is 0.193 e. The maximum atomic E-state index is 6.10. The normalized spacial score (nSPS) is 13.2. The van der Waals surface area contributed by atoms with E-state index in [1.165, 1.54) is 4.88 Å². The zero-order valence-electron chi connectivity index (χ0n) is 13.4. The molecule has 0 saturated carbocycles. The lowest BCUT2D eigenvalue weighted by atomic mass is 10.2. The Morgan fingerprint density at radius 2 is 2.22 bits per heavy atom. The number of methoxy groups -OCH3 is 1. The molecule has 2 rings (SSSR count). The molecule has 5 nitrogen and oxygen atoms in total. The monoisotopic (exact) mass is 352 g/mol. The lowest BCUT2D eigenvalue weighted by Gasteiger charge is -2.21. The number of halogens is 1. The van der Waals surface area contributed by atoms with Crippen LogP contribution in [0, 0.1) is 0 Å². The first kappa shape index (κ1) is 17.6. The Bertz CT molecular complexity index is 658. The number of guanidine groups is 1. The van der Waals surface area contributed by atoms with Crippen molar-refractivity contribution in [1.82, 2.24) is 4.90 Å². The van der Waals surface area contributed by atoms with Crippen molar-refractivity contribution in [3.63, 3.8) is 0 Å². The van der Waals surface area contributed by atoms with Gasteiger partial charge in [-0.25, -0.2) is 0 Å². The predicted molar refractivity (Wildman–Crippen MR) is 98.9 cm³/mol. The van der Waals surface area contributed by atoms with Crippen LogP contribution >= 0.6 is 22.9 Å². The van der Waals surface area contributed by atoms with Gasteiger partial charge in [0.25, 0.3) is 0 Å². The van der Waals surface area contributed by atoms with Crippen LogP contribution in [0.1, 0.15) is 10.9 Å². The standard InChI is InChI=1S/C16H21ClN4OS/c1-21(2)13(15-5-4-8-23-15)10-19-16(18)20-11-6-7-14(22-3)12(17)9-11/h4-9,13H,10H2,1-3H3,(H3,18,19,20). The van der Waals surface area contributed by atoms with Crippen LogP contribution in [0.4, 0.5) is 5.69 Å². The smallest absolute Gasteiger partial charge is 0.193 e. The second-order valence-electron chi connectivity index (χ2n) is 5.20. The van der Waals surface area contributed by atoms with Crippen LogP contribution in [0.3, 0.4) is 0 Å². The summed E-state index contributed by atoms with van der Waals surface area (Å²) < 4.78 is 5.13. The second kappa shape index (κ2) is 8.19. The van der Waals surface area contributed by atoms with Crippen molar-refractivity contribution in [3.05, 3.63) is 45.6 Å². The largest absolute Gasteiger partial charge is 0.495 e. The van der Waals surface area contributed by atoms with Gasteiger partial charge in [0, 0.05) is 10.6 Å². The molecule has 1 aromatic carbocycles. The highest BCUT2D eigenvalue weighted by Crippen LogP contribution is 2.27. The van der Waals surface area contributed by atoms with Gasteiger partial charge in [-0.05, 0) is 43.7 Å². The molecule has 124 valence electrons.